The molecule has 0 radical (unpaired) electrons. The quantitative estimate of drug-likeness (QED) is 0.563. The lowest BCUT2D eigenvalue weighted by molar-refractivity contribution is 0.0603. The maximum Gasteiger partial charge on any atom is 0.417 e. The molecule has 0 aliphatic heterocycles. The minimum Gasteiger partial charge on any atom is -0.465 e. The van der Waals surface area contributed by atoms with Gasteiger partial charge in [-0.25, -0.2) is 9.59 Å². The zero-order chi connectivity index (χ0) is 19.4. The van der Waals surface area contributed by atoms with Crippen molar-refractivity contribution in [1.29, 1.82) is 0 Å². The highest BCUT2D eigenvalue weighted by Gasteiger charge is 2.25. The number of carbonyl (C=O) groups is 2. The number of benzene rings is 2. The minimum absolute atomic E-state index is 0.271. The van der Waals surface area contributed by atoms with Gasteiger partial charge in [-0.05, 0) is 36.8 Å². The van der Waals surface area contributed by atoms with Gasteiger partial charge in [0.25, 0.3) is 0 Å². The van der Waals surface area contributed by atoms with E-state index in [0.29, 0.717) is 21.3 Å². The zero-order valence-electron chi connectivity index (χ0n) is 14.6. The molecular formula is C20H16ClNO4S. The molecular weight excluding hydrogens is 386 g/mol. The Bertz CT molecular complexity index is 985. The van der Waals surface area contributed by atoms with Crippen LogP contribution in [0.4, 0.5) is 9.80 Å². The number of thiophene rings is 1. The third kappa shape index (κ3) is 4.30. The standard InChI is InChI=1S/C20H16ClNO4S/c1-12-16(13-7-6-8-14(21)11-13)17(19(23)25-2)18(27-12)22-20(24)26-15-9-4-3-5-10-15/h3-11H,1-2H3,(H,22,24). The average molecular weight is 402 g/mol. The number of ether oxygens (including phenoxy) is 2. The molecule has 2 aromatic carbocycles. The van der Waals surface area contributed by atoms with Gasteiger partial charge < -0.3 is 9.47 Å². The van der Waals surface area contributed by atoms with Crippen LogP contribution < -0.4 is 10.1 Å². The molecule has 1 aromatic heterocycles. The van der Waals surface area contributed by atoms with Crippen molar-refractivity contribution in [2.24, 2.45) is 0 Å². The van der Waals surface area contributed by atoms with Crippen molar-refractivity contribution in [2.75, 3.05) is 12.4 Å². The maximum absolute atomic E-state index is 12.4. The van der Waals surface area contributed by atoms with Gasteiger partial charge in [0.05, 0.1) is 7.11 Å². The van der Waals surface area contributed by atoms with Gasteiger partial charge in [-0.1, -0.05) is 41.9 Å². The molecule has 0 fully saturated rings. The summed E-state index contributed by atoms with van der Waals surface area (Å²) in [5, 5.41) is 3.55. The third-order valence-corrected chi connectivity index (χ3v) is 5.01. The van der Waals surface area contributed by atoms with Crippen LogP contribution in [0.2, 0.25) is 5.02 Å². The number of hydrogen-bond donors (Lipinski definition) is 1. The molecule has 1 heterocycles. The van der Waals surface area contributed by atoms with Crippen LogP contribution in [0.15, 0.2) is 54.6 Å². The molecule has 0 aliphatic rings. The van der Waals surface area contributed by atoms with Crippen LogP contribution in [0, 0.1) is 6.92 Å². The summed E-state index contributed by atoms with van der Waals surface area (Å²) in [6, 6.07) is 15.8. The number of anilines is 1. The van der Waals surface area contributed by atoms with Crippen molar-refractivity contribution in [1.82, 2.24) is 0 Å². The number of esters is 1. The Kier molecular flexibility index (Phi) is 5.78. The summed E-state index contributed by atoms with van der Waals surface area (Å²) in [5.41, 5.74) is 1.71. The summed E-state index contributed by atoms with van der Waals surface area (Å²) in [6.07, 6.45) is -0.690. The molecule has 0 aliphatic carbocycles. The Morgan fingerprint density at radius 2 is 1.81 bits per heavy atom. The van der Waals surface area contributed by atoms with E-state index in [1.54, 1.807) is 42.5 Å². The summed E-state index contributed by atoms with van der Waals surface area (Å²) in [5.74, 6) is -0.151. The Balaban J connectivity index is 1.97. The van der Waals surface area contributed by atoms with Crippen molar-refractivity contribution >= 4 is 40.0 Å². The topological polar surface area (TPSA) is 64.6 Å². The fraction of sp³-hybridized carbons (Fsp3) is 0.100. The number of amides is 1. The fourth-order valence-electron chi connectivity index (χ4n) is 2.63. The van der Waals surface area contributed by atoms with Crippen molar-refractivity contribution < 1.29 is 19.1 Å². The van der Waals surface area contributed by atoms with Gasteiger partial charge in [0, 0.05) is 15.5 Å². The smallest absolute Gasteiger partial charge is 0.417 e. The lowest BCUT2D eigenvalue weighted by atomic mass is 10.0. The van der Waals surface area contributed by atoms with E-state index in [2.05, 4.69) is 5.32 Å². The number of halogens is 1. The Morgan fingerprint density at radius 1 is 1.07 bits per heavy atom. The van der Waals surface area contributed by atoms with Gasteiger partial charge in [0.15, 0.2) is 0 Å². The molecule has 7 heteroatoms. The van der Waals surface area contributed by atoms with E-state index in [1.807, 2.05) is 19.1 Å². The Hall–Kier alpha value is -2.83. The highest BCUT2D eigenvalue weighted by atomic mass is 35.5. The number of carbonyl (C=O) groups excluding carboxylic acids is 2. The van der Waals surface area contributed by atoms with Crippen LogP contribution in [-0.2, 0) is 4.74 Å². The van der Waals surface area contributed by atoms with Crippen LogP contribution in [0.3, 0.4) is 0 Å². The van der Waals surface area contributed by atoms with Gasteiger partial charge in [0.1, 0.15) is 16.3 Å². The van der Waals surface area contributed by atoms with Gasteiger partial charge in [0.2, 0.25) is 0 Å². The largest absolute Gasteiger partial charge is 0.465 e. The van der Waals surface area contributed by atoms with Crippen molar-refractivity contribution in [2.45, 2.75) is 6.92 Å². The maximum atomic E-state index is 12.4. The van der Waals surface area contributed by atoms with Crippen LogP contribution in [0.25, 0.3) is 11.1 Å². The minimum atomic E-state index is -0.690. The van der Waals surface area contributed by atoms with Crippen LogP contribution >= 0.6 is 22.9 Å². The van der Waals surface area contributed by atoms with E-state index in [1.165, 1.54) is 18.4 Å². The van der Waals surface area contributed by atoms with Crippen LogP contribution in [0.1, 0.15) is 15.2 Å². The predicted molar refractivity (Wildman–Crippen MR) is 107 cm³/mol. The molecule has 0 bridgehead atoms. The third-order valence-electron chi connectivity index (χ3n) is 3.76. The fourth-order valence-corrected chi connectivity index (χ4v) is 3.88. The molecule has 5 nitrogen and oxygen atoms in total. The first-order chi connectivity index (χ1) is 13.0. The number of nitrogens with one attached hydrogen (secondary N) is 1. The molecule has 0 unspecified atom stereocenters. The summed E-state index contributed by atoms with van der Waals surface area (Å²) in [4.78, 5) is 25.5. The van der Waals surface area contributed by atoms with E-state index in [9.17, 15) is 9.59 Å². The highest BCUT2D eigenvalue weighted by Crippen LogP contribution is 2.41. The first kappa shape index (κ1) is 18.9. The first-order valence-electron chi connectivity index (χ1n) is 8.01. The lowest BCUT2D eigenvalue weighted by Gasteiger charge is -2.09. The SMILES string of the molecule is COC(=O)c1c(NC(=O)Oc2ccccc2)sc(C)c1-c1cccc(Cl)c1. The number of aryl methyl sites for hydroxylation is 1. The highest BCUT2D eigenvalue weighted by molar-refractivity contribution is 7.17. The molecule has 0 atom stereocenters. The number of hydrogen-bond acceptors (Lipinski definition) is 5. The normalized spacial score (nSPS) is 10.3. The second kappa shape index (κ2) is 8.24. The molecule has 3 aromatic rings. The summed E-state index contributed by atoms with van der Waals surface area (Å²) < 4.78 is 10.2. The van der Waals surface area contributed by atoms with Gasteiger partial charge in [-0.2, -0.15) is 0 Å². The molecule has 3 rings (SSSR count). The van der Waals surface area contributed by atoms with E-state index < -0.39 is 12.1 Å². The Labute approximate surface area is 165 Å². The Morgan fingerprint density at radius 3 is 2.48 bits per heavy atom. The van der Waals surface area contributed by atoms with Gasteiger partial charge in [-0.3, -0.25) is 5.32 Å². The number of methoxy groups -OCH3 is 1. The molecule has 138 valence electrons. The second-order valence-corrected chi connectivity index (χ2v) is 7.23. The zero-order valence-corrected chi connectivity index (χ0v) is 16.2. The van der Waals surface area contributed by atoms with E-state index in [0.717, 1.165) is 10.4 Å². The molecule has 0 saturated carbocycles. The second-order valence-electron chi connectivity index (χ2n) is 5.57. The summed E-state index contributed by atoms with van der Waals surface area (Å²) in [6.45, 7) is 1.86. The number of rotatable bonds is 4. The van der Waals surface area contributed by atoms with Crippen molar-refractivity contribution in [3.63, 3.8) is 0 Å². The molecule has 0 spiro atoms. The van der Waals surface area contributed by atoms with E-state index in [-0.39, 0.29) is 5.56 Å². The first-order valence-corrected chi connectivity index (χ1v) is 9.20. The molecule has 27 heavy (non-hydrogen) atoms. The molecule has 1 amide bonds. The molecule has 1 N–H and O–H groups in total. The number of para-hydroxylation sites is 1. The van der Waals surface area contributed by atoms with Crippen molar-refractivity contribution in [3.05, 3.63) is 70.1 Å². The summed E-state index contributed by atoms with van der Waals surface area (Å²) >= 11 is 7.36. The lowest BCUT2D eigenvalue weighted by Crippen LogP contribution is -2.18. The van der Waals surface area contributed by atoms with Crippen molar-refractivity contribution in [3.8, 4) is 16.9 Å². The van der Waals surface area contributed by atoms with Crippen LogP contribution in [-0.4, -0.2) is 19.2 Å². The van der Waals surface area contributed by atoms with E-state index >= 15 is 0 Å². The average Bonchev–Trinajstić information content (AvgIpc) is 2.97. The summed E-state index contributed by atoms with van der Waals surface area (Å²) in [7, 11) is 1.29. The molecule has 0 saturated heterocycles. The predicted octanol–water partition coefficient (Wildman–Crippen LogP) is 5.77. The van der Waals surface area contributed by atoms with Gasteiger partial charge in [-0.15, -0.1) is 11.3 Å². The van der Waals surface area contributed by atoms with E-state index in [4.69, 9.17) is 21.1 Å². The van der Waals surface area contributed by atoms with Gasteiger partial charge >= 0.3 is 12.1 Å². The van der Waals surface area contributed by atoms with Crippen LogP contribution in [0.5, 0.6) is 5.75 Å². The monoisotopic (exact) mass is 401 g/mol.